The van der Waals surface area contributed by atoms with Gasteiger partial charge in [0.05, 0.1) is 18.8 Å². The molecule has 0 atom stereocenters. The normalized spacial score (nSPS) is 18.6. The lowest BCUT2D eigenvalue weighted by atomic mass is 9.98. The van der Waals surface area contributed by atoms with E-state index in [9.17, 15) is 4.39 Å². The van der Waals surface area contributed by atoms with Crippen LogP contribution in [0.15, 0.2) is 48.5 Å². The van der Waals surface area contributed by atoms with E-state index < -0.39 is 12.1 Å². The maximum Gasteiger partial charge on any atom is 0.183 e. The second-order valence-corrected chi connectivity index (χ2v) is 8.45. The first-order chi connectivity index (χ1) is 15.6. The highest BCUT2D eigenvalue weighted by molar-refractivity contribution is 5.84. The molecular formula is C27H27F2NO2. The average molecular weight is 436 g/mol. The van der Waals surface area contributed by atoms with E-state index in [2.05, 4.69) is 6.92 Å². The van der Waals surface area contributed by atoms with Crippen molar-refractivity contribution in [2.24, 2.45) is 5.92 Å². The first-order valence-electron chi connectivity index (χ1n) is 11.2. The van der Waals surface area contributed by atoms with Crippen molar-refractivity contribution in [3.63, 3.8) is 0 Å². The minimum atomic E-state index is -0.541. The van der Waals surface area contributed by atoms with E-state index in [0.717, 1.165) is 22.9 Å². The number of rotatable bonds is 7. The number of nitriles is 1. The Labute approximate surface area is 187 Å². The predicted molar refractivity (Wildman–Crippen MR) is 120 cm³/mol. The summed E-state index contributed by atoms with van der Waals surface area (Å²) in [6.07, 6.45) is 3.99. The van der Waals surface area contributed by atoms with Gasteiger partial charge in [-0.2, -0.15) is 5.26 Å². The number of aryl methyl sites for hydroxylation is 2. The molecule has 1 aliphatic heterocycles. The summed E-state index contributed by atoms with van der Waals surface area (Å²) >= 11 is 0. The lowest BCUT2D eigenvalue weighted by Crippen LogP contribution is -2.27. The fraction of sp³-hybridized carbons (Fsp3) is 0.370. The van der Waals surface area contributed by atoms with Gasteiger partial charge in [0.15, 0.2) is 6.29 Å². The number of benzene rings is 3. The molecule has 3 aromatic rings. The Morgan fingerprint density at radius 1 is 1.00 bits per heavy atom. The minimum Gasteiger partial charge on any atom is -0.348 e. The third kappa shape index (κ3) is 4.98. The SMILES string of the molecule is CCCCC1COC(c2ccc3c(F)c(CCc4ccc(C#N)c(F)c4)ccc3c2)OC1. The average Bonchev–Trinajstić information content (AvgIpc) is 2.82. The summed E-state index contributed by atoms with van der Waals surface area (Å²) in [6.45, 7) is 3.55. The van der Waals surface area contributed by atoms with Gasteiger partial charge >= 0.3 is 0 Å². The Balaban J connectivity index is 1.44. The molecule has 0 amide bonds. The van der Waals surface area contributed by atoms with Crippen LogP contribution in [0.5, 0.6) is 0 Å². The lowest BCUT2D eigenvalue weighted by molar-refractivity contribution is -0.206. The lowest BCUT2D eigenvalue weighted by Gasteiger charge is -2.29. The third-order valence-electron chi connectivity index (χ3n) is 6.10. The van der Waals surface area contributed by atoms with Crippen molar-refractivity contribution in [2.45, 2.75) is 45.3 Å². The molecule has 1 heterocycles. The van der Waals surface area contributed by atoms with Crippen molar-refractivity contribution >= 4 is 10.8 Å². The number of unbranched alkanes of at least 4 members (excludes halogenated alkanes) is 1. The largest absolute Gasteiger partial charge is 0.348 e. The Morgan fingerprint density at radius 2 is 1.81 bits per heavy atom. The van der Waals surface area contributed by atoms with Crippen LogP contribution in [0.25, 0.3) is 10.8 Å². The first-order valence-corrected chi connectivity index (χ1v) is 11.2. The molecule has 1 fully saturated rings. The van der Waals surface area contributed by atoms with Crippen LogP contribution in [0.3, 0.4) is 0 Å². The van der Waals surface area contributed by atoms with Crippen molar-refractivity contribution in [3.8, 4) is 6.07 Å². The zero-order chi connectivity index (χ0) is 22.5. The zero-order valence-corrected chi connectivity index (χ0v) is 18.2. The van der Waals surface area contributed by atoms with Crippen LogP contribution in [0.1, 0.15) is 54.7 Å². The van der Waals surface area contributed by atoms with Crippen molar-refractivity contribution in [2.75, 3.05) is 13.2 Å². The van der Waals surface area contributed by atoms with Gasteiger partial charge in [0.2, 0.25) is 0 Å². The van der Waals surface area contributed by atoms with E-state index in [1.54, 1.807) is 18.2 Å². The number of hydrogen-bond acceptors (Lipinski definition) is 3. The summed E-state index contributed by atoms with van der Waals surface area (Å²) in [5, 5.41) is 10.2. The van der Waals surface area contributed by atoms with Crippen molar-refractivity contribution < 1.29 is 18.3 Å². The van der Waals surface area contributed by atoms with E-state index in [1.165, 1.54) is 25.0 Å². The summed E-state index contributed by atoms with van der Waals surface area (Å²) in [4.78, 5) is 0. The topological polar surface area (TPSA) is 42.2 Å². The second-order valence-electron chi connectivity index (χ2n) is 8.45. The summed E-state index contributed by atoms with van der Waals surface area (Å²) in [7, 11) is 0. The molecule has 0 bridgehead atoms. The van der Waals surface area contributed by atoms with Gasteiger partial charge in [-0.1, -0.05) is 50.1 Å². The predicted octanol–water partition coefficient (Wildman–Crippen LogP) is 6.63. The fourth-order valence-electron chi connectivity index (χ4n) is 4.17. The Morgan fingerprint density at radius 3 is 2.53 bits per heavy atom. The highest BCUT2D eigenvalue weighted by Crippen LogP contribution is 2.31. The van der Waals surface area contributed by atoms with Gasteiger partial charge in [-0.05, 0) is 54.0 Å². The summed E-state index contributed by atoms with van der Waals surface area (Å²) in [5.74, 6) is -0.357. The number of nitrogens with zero attached hydrogens (tertiary/aromatic N) is 1. The highest BCUT2D eigenvalue weighted by atomic mass is 19.1. The molecule has 0 unspecified atom stereocenters. The van der Waals surface area contributed by atoms with Gasteiger partial charge in [0.25, 0.3) is 0 Å². The van der Waals surface area contributed by atoms with Gasteiger partial charge in [-0.15, -0.1) is 0 Å². The Bertz CT molecular complexity index is 1130. The molecule has 0 spiro atoms. The molecule has 1 saturated heterocycles. The first kappa shape index (κ1) is 22.4. The molecule has 0 saturated carbocycles. The second kappa shape index (κ2) is 10.2. The quantitative estimate of drug-likeness (QED) is 0.418. The molecule has 0 aliphatic carbocycles. The van der Waals surface area contributed by atoms with E-state index in [0.29, 0.717) is 42.9 Å². The number of fused-ring (bicyclic) bond motifs is 1. The van der Waals surface area contributed by atoms with E-state index >= 15 is 4.39 Å². The van der Waals surface area contributed by atoms with E-state index in [4.69, 9.17) is 14.7 Å². The molecule has 1 aliphatic rings. The summed E-state index contributed by atoms with van der Waals surface area (Å²) in [5.41, 5.74) is 2.23. The molecule has 32 heavy (non-hydrogen) atoms. The molecule has 0 N–H and O–H groups in total. The number of ether oxygens (including phenoxy) is 2. The van der Waals surface area contributed by atoms with Crippen LogP contribution >= 0.6 is 0 Å². The van der Waals surface area contributed by atoms with Crippen LogP contribution in [0.4, 0.5) is 8.78 Å². The maximum atomic E-state index is 15.1. The zero-order valence-electron chi connectivity index (χ0n) is 18.2. The van der Waals surface area contributed by atoms with Crippen LogP contribution in [-0.4, -0.2) is 13.2 Å². The molecule has 3 aromatic carbocycles. The molecule has 4 rings (SSSR count). The van der Waals surface area contributed by atoms with Gasteiger partial charge in [0, 0.05) is 16.9 Å². The van der Waals surface area contributed by atoms with Crippen LogP contribution in [-0.2, 0) is 22.3 Å². The highest BCUT2D eigenvalue weighted by Gasteiger charge is 2.23. The van der Waals surface area contributed by atoms with Crippen molar-refractivity contribution in [1.29, 1.82) is 5.26 Å². The Hall–Kier alpha value is -2.81. The van der Waals surface area contributed by atoms with Gasteiger partial charge in [-0.3, -0.25) is 0 Å². The third-order valence-corrected chi connectivity index (χ3v) is 6.10. The molecule has 3 nitrogen and oxygen atoms in total. The molecule has 5 heteroatoms. The van der Waals surface area contributed by atoms with E-state index in [1.807, 2.05) is 24.3 Å². The van der Waals surface area contributed by atoms with Crippen LogP contribution in [0, 0.1) is 28.9 Å². The molecule has 0 radical (unpaired) electrons. The molecule has 166 valence electrons. The van der Waals surface area contributed by atoms with E-state index in [-0.39, 0.29) is 11.4 Å². The molecule has 0 aromatic heterocycles. The number of halogens is 2. The smallest absolute Gasteiger partial charge is 0.183 e. The summed E-state index contributed by atoms with van der Waals surface area (Å²) in [6, 6.07) is 15.6. The van der Waals surface area contributed by atoms with Crippen LogP contribution in [0.2, 0.25) is 0 Å². The monoisotopic (exact) mass is 435 g/mol. The van der Waals surface area contributed by atoms with Gasteiger partial charge < -0.3 is 9.47 Å². The number of hydrogen-bond donors (Lipinski definition) is 0. The van der Waals surface area contributed by atoms with Gasteiger partial charge in [-0.25, -0.2) is 8.78 Å². The standard InChI is InChI=1S/C27H27F2NO2/c1-2-3-4-19-16-31-27(32-17-19)22-11-12-24-21(14-22)10-9-20(26(24)29)7-5-18-6-8-23(15-30)25(28)13-18/h6,8-14,19,27H,2-5,7,16-17H2,1H3. The maximum absolute atomic E-state index is 15.1. The van der Waals surface area contributed by atoms with Crippen LogP contribution < -0.4 is 0 Å². The molecular weight excluding hydrogens is 408 g/mol. The fourth-order valence-corrected chi connectivity index (χ4v) is 4.17. The van der Waals surface area contributed by atoms with Gasteiger partial charge in [0.1, 0.15) is 17.7 Å². The summed E-state index contributed by atoms with van der Waals surface area (Å²) < 4.78 is 40.8. The van der Waals surface area contributed by atoms with Crippen molar-refractivity contribution in [3.05, 3.63) is 82.4 Å². The van der Waals surface area contributed by atoms with Crippen molar-refractivity contribution in [1.82, 2.24) is 0 Å². The minimum absolute atomic E-state index is 0.0174. The Kier molecular flexibility index (Phi) is 7.14.